The van der Waals surface area contributed by atoms with E-state index in [2.05, 4.69) is 28.9 Å². The SMILES string of the molecule is Cc1cc(C(=O)C23CC4CC(CC(C4)C2)C3)sc1Br. The Morgan fingerprint density at radius 2 is 1.74 bits per heavy atom. The lowest BCUT2D eigenvalue weighted by Gasteiger charge is -2.55. The molecule has 0 atom stereocenters. The van der Waals surface area contributed by atoms with Crippen LogP contribution in [-0.4, -0.2) is 5.78 Å². The minimum atomic E-state index is 0.0193. The van der Waals surface area contributed by atoms with E-state index in [4.69, 9.17) is 0 Å². The highest BCUT2D eigenvalue weighted by molar-refractivity contribution is 9.11. The zero-order chi connectivity index (χ0) is 13.2. The number of hydrogen-bond donors (Lipinski definition) is 0. The Morgan fingerprint density at radius 3 is 2.16 bits per heavy atom. The predicted molar refractivity (Wildman–Crippen MR) is 81.7 cm³/mol. The van der Waals surface area contributed by atoms with Crippen molar-refractivity contribution >= 4 is 33.0 Å². The van der Waals surface area contributed by atoms with Crippen molar-refractivity contribution in [1.82, 2.24) is 0 Å². The molecule has 1 heterocycles. The van der Waals surface area contributed by atoms with Gasteiger partial charge in [0, 0.05) is 5.41 Å². The lowest BCUT2D eigenvalue weighted by Crippen LogP contribution is -2.49. The van der Waals surface area contributed by atoms with Crippen LogP contribution >= 0.6 is 27.3 Å². The van der Waals surface area contributed by atoms with Gasteiger partial charge in [0.2, 0.25) is 0 Å². The van der Waals surface area contributed by atoms with E-state index in [-0.39, 0.29) is 5.41 Å². The first-order valence-electron chi connectivity index (χ1n) is 7.36. The molecule has 0 spiro atoms. The zero-order valence-electron chi connectivity index (χ0n) is 11.2. The Hall–Kier alpha value is -0.150. The molecule has 0 aliphatic heterocycles. The van der Waals surface area contributed by atoms with Crippen LogP contribution < -0.4 is 0 Å². The molecule has 1 aromatic rings. The smallest absolute Gasteiger partial charge is 0.178 e. The summed E-state index contributed by atoms with van der Waals surface area (Å²) in [5.41, 5.74) is 1.23. The van der Waals surface area contributed by atoms with Crippen molar-refractivity contribution in [2.75, 3.05) is 0 Å². The molecule has 0 aromatic carbocycles. The van der Waals surface area contributed by atoms with E-state index in [9.17, 15) is 4.79 Å². The molecule has 4 bridgehead atoms. The molecule has 0 radical (unpaired) electrons. The van der Waals surface area contributed by atoms with Gasteiger partial charge in [-0.3, -0.25) is 4.79 Å². The summed E-state index contributed by atoms with van der Waals surface area (Å²) in [6, 6.07) is 2.09. The number of Topliss-reactive ketones (excluding diaryl/α,β-unsaturated/α-hetero) is 1. The predicted octanol–water partition coefficient (Wildman–Crippen LogP) is 5.22. The molecular weight excluding hydrogens is 320 g/mol. The fourth-order valence-electron chi connectivity index (χ4n) is 5.22. The number of carbonyl (C=O) groups excluding carboxylic acids is 1. The third-order valence-electron chi connectivity index (χ3n) is 5.60. The Bertz CT molecular complexity index is 490. The third kappa shape index (κ3) is 1.88. The second-order valence-electron chi connectivity index (χ2n) is 7.09. The van der Waals surface area contributed by atoms with Gasteiger partial charge in [-0.25, -0.2) is 0 Å². The van der Waals surface area contributed by atoms with Gasteiger partial charge in [0.15, 0.2) is 5.78 Å². The summed E-state index contributed by atoms with van der Waals surface area (Å²) >= 11 is 5.20. The first-order chi connectivity index (χ1) is 9.06. The van der Waals surface area contributed by atoms with Crippen LogP contribution in [0, 0.1) is 30.1 Å². The molecule has 0 N–H and O–H groups in total. The van der Waals surface area contributed by atoms with Gasteiger partial charge >= 0.3 is 0 Å². The molecule has 4 fully saturated rings. The zero-order valence-corrected chi connectivity index (χ0v) is 13.6. The van der Waals surface area contributed by atoms with Crippen molar-refractivity contribution in [2.24, 2.45) is 23.2 Å². The van der Waals surface area contributed by atoms with Gasteiger partial charge in [-0.2, -0.15) is 0 Å². The molecule has 0 unspecified atom stereocenters. The molecular formula is C16H19BrOS. The molecule has 4 aliphatic rings. The number of ketones is 1. The van der Waals surface area contributed by atoms with E-state index < -0.39 is 0 Å². The Balaban J connectivity index is 1.69. The molecule has 5 rings (SSSR count). The second kappa shape index (κ2) is 4.17. The van der Waals surface area contributed by atoms with Gasteiger partial charge in [-0.1, -0.05) is 0 Å². The van der Waals surface area contributed by atoms with Crippen LogP contribution in [0.2, 0.25) is 0 Å². The summed E-state index contributed by atoms with van der Waals surface area (Å²) in [4.78, 5) is 14.0. The summed E-state index contributed by atoms with van der Waals surface area (Å²) in [5, 5.41) is 0. The first kappa shape index (κ1) is 12.6. The van der Waals surface area contributed by atoms with Gasteiger partial charge in [-0.15, -0.1) is 11.3 Å². The number of hydrogen-bond acceptors (Lipinski definition) is 2. The number of rotatable bonds is 2. The fourth-order valence-corrected chi connectivity index (χ4v) is 6.82. The minimum Gasteiger partial charge on any atom is -0.293 e. The van der Waals surface area contributed by atoms with Crippen molar-refractivity contribution in [3.63, 3.8) is 0 Å². The number of thiophene rings is 1. The van der Waals surface area contributed by atoms with E-state index in [1.54, 1.807) is 11.3 Å². The number of carbonyl (C=O) groups is 1. The lowest BCUT2D eigenvalue weighted by atomic mass is 9.48. The maximum atomic E-state index is 13.1. The van der Waals surface area contributed by atoms with E-state index in [0.717, 1.165) is 26.4 Å². The van der Waals surface area contributed by atoms with Crippen molar-refractivity contribution in [3.8, 4) is 0 Å². The average Bonchev–Trinajstić information content (AvgIpc) is 2.67. The Kier molecular flexibility index (Phi) is 2.76. The van der Waals surface area contributed by atoms with Crippen molar-refractivity contribution in [2.45, 2.75) is 45.4 Å². The summed E-state index contributed by atoms with van der Waals surface area (Å²) in [5.74, 6) is 3.00. The molecule has 0 amide bonds. The fraction of sp³-hybridized carbons (Fsp3) is 0.688. The van der Waals surface area contributed by atoms with Crippen LogP contribution in [0.1, 0.15) is 53.8 Å². The van der Waals surface area contributed by atoms with E-state index >= 15 is 0 Å². The number of halogens is 1. The van der Waals surface area contributed by atoms with Crippen LogP contribution in [0.3, 0.4) is 0 Å². The van der Waals surface area contributed by atoms with Crippen LogP contribution in [0.4, 0.5) is 0 Å². The van der Waals surface area contributed by atoms with Crippen LogP contribution in [0.25, 0.3) is 0 Å². The van der Waals surface area contributed by atoms with Gasteiger partial charge in [0.25, 0.3) is 0 Å². The topological polar surface area (TPSA) is 17.1 Å². The average molecular weight is 339 g/mol. The summed E-state index contributed by atoms with van der Waals surface area (Å²) in [6.07, 6.45) is 7.73. The molecule has 102 valence electrons. The van der Waals surface area contributed by atoms with Crippen LogP contribution in [0.5, 0.6) is 0 Å². The Morgan fingerprint density at radius 1 is 1.21 bits per heavy atom. The molecule has 0 saturated heterocycles. The molecule has 4 aliphatic carbocycles. The Labute approximate surface area is 126 Å². The maximum Gasteiger partial charge on any atom is 0.178 e. The third-order valence-corrected chi connectivity index (χ3v) is 7.74. The molecule has 3 heteroatoms. The number of aryl methyl sites for hydroxylation is 1. The first-order valence-corrected chi connectivity index (χ1v) is 8.97. The molecule has 19 heavy (non-hydrogen) atoms. The van der Waals surface area contributed by atoms with Crippen LogP contribution in [0.15, 0.2) is 9.85 Å². The highest BCUT2D eigenvalue weighted by Crippen LogP contribution is 2.61. The quantitative estimate of drug-likeness (QED) is 0.675. The summed E-state index contributed by atoms with van der Waals surface area (Å²) in [6.45, 7) is 2.08. The molecule has 1 nitrogen and oxygen atoms in total. The van der Waals surface area contributed by atoms with Crippen molar-refractivity contribution in [1.29, 1.82) is 0 Å². The molecule has 1 aromatic heterocycles. The monoisotopic (exact) mass is 338 g/mol. The lowest BCUT2D eigenvalue weighted by molar-refractivity contribution is -0.0350. The second-order valence-corrected chi connectivity index (χ2v) is 9.46. The normalized spacial score (nSPS) is 39.8. The van der Waals surface area contributed by atoms with Gasteiger partial charge in [0.1, 0.15) is 0 Å². The maximum absolute atomic E-state index is 13.1. The van der Waals surface area contributed by atoms with Crippen molar-refractivity contribution < 1.29 is 4.79 Å². The van der Waals surface area contributed by atoms with Gasteiger partial charge in [-0.05, 0) is 90.8 Å². The van der Waals surface area contributed by atoms with E-state index in [1.807, 2.05) is 0 Å². The van der Waals surface area contributed by atoms with E-state index in [0.29, 0.717) is 5.78 Å². The highest BCUT2D eigenvalue weighted by Gasteiger charge is 2.54. The van der Waals surface area contributed by atoms with Crippen molar-refractivity contribution in [3.05, 3.63) is 20.3 Å². The standard InChI is InChI=1S/C16H19BrOS/c1-9-2-13(19-15(9)17)14(18)16-6-10-3-11(7-16)5-12(4-10)8-16/h2,10-12H,3-8H2,1H3. The van der Waals surface area contributed by atoms with Crippen LogP contribution in [-0.2, 0) is 0 Å². The molecule has 4 saturated carbocycles. The van der Waals surface area contributed by atoms with Gasteiger partial charge < -0.3 is 0 Å². The summed E-state index contributed by atoms with van der Waals surface area (Å²) in [7, 11) is 0. The van der Waals surface area contributed by atoms with Gasteiger partial charge in [0.05, 0.1) is 8.66 Å². The highest BCUT2D eigenvalue weighted by atomic mass is 79.9. The minimum absolute atomic E-state index is 0.0193. The summed E-state index contributed by atoms with van der Waals surface area (Å²) < 4.78 is 1.13. The van der Waals surface area contributed by atoms with E-state index in [1.165, 1.54) is 44.1 Å². The largest absolute Gasteiger partial charge is 0.293 e.